The average Bonchev–Trinajstić information content (AvgIpc) is 3.17. The Labute approximate surface area is 164 Å². The first-order valence-corrected chi connectivity index (χ1v) is 9.57. The predicted octanol–water partition coefficient (Wildman–Crippen LogP) is 3.31. The van der Waals surface area contributed by atoms with E-state index in [1.165, 1.54) is 5.56 Å². The van der Waals surface area contributed by atoms with Crippen LogP contribution in [0.15, 0.2) is 53.1 Å². The van der Waals surface area contributed by atoms with Gasteiger partial charge in [0.05, 0.1) is 6.54 Å². The molecule has 1 fully saturated rings. The van der Waals surface area contributed by atoms with Gasteiger partial charge in [-0.05, 0) is 37.6 Å². The molecule has 2 aromatic carbocycles. The maximum Gasteiger partial charge on any atom is 0.257 e. The molecule has 2 heterocycles. The van der Waals surface area contributed by atoms with Gasteiger partial charge < -0.3 is 9.42 Å². The molecule has 0 N–H and O–H groups in total. The Morgan fingerprint density at radius 1 is 1.04 bits per heavy atom. The Morgan fingerprint density at radius 2 is 1.79 bits per heavy atom. The van der Waals surface area contributed by atoms with Gasteiger partial charge in [-0.1, -0.05) is 41.1 Å². The van der Waals surface area contributed by atoms with Crippen molar-refractivity contribution in [1.29, 1.82) is 0 Å². The van der Waals surface area contributed by atoms with E-state index in [1.54, 1.807) is 0 Å². The first-order valence-electron chi connectivity index (χ1n) is 9.57. The van der Waals surface area contributed by atoms with Crippen LogP contribution in [0, 0.1) is 13.8 Å². The third-order valence-electron chi connectivity index (χ3n) is 5.13. The lowest BCUT2D eigenvalue weighted by atomic mass is 10.0. The molecule has 1 aliphatic heterocycles. The van der Waals surface area contributed by atoms with Crippen molar-refractivity contribution in [3.8, 4) is 11.5 Å². The largest absolute Gasteiger partial charge is 0.336 e. The number of piperazine rings is 1. The van der Waals surface area contributed by atoms with E-state index in [2.05, 4.69) is 21.1 Å². The molecule has 1 aliphatic rings. The van der Waals surface area contributed by atoms with E-state index in [-0.39, 0.29) is 5.91 Å². The zero-order valence-electron chi connectivity index (χ0n) is 16.3. The Balaban J connectivity index is 1.34. The van der Waals surface area contributed by atoms with Crippen molar-refractivity contribution >= 4 is 5.91 Å². The standard InChI is InChI=1S/C22H24N4O2/c1-16-8-9-19(17(2)14-16)22(27)26-12-10-25(11-13-26)15-20-23-21(28-24-20)18-6-4-3-5-7-18/h3-9,14H,10-13,15H2,1-2H3. The predicted molar refractivity (Wildman–Crippen MR) is 107 cm³/mol. The summed E-state index contributed by atoms with van der Waals surface area (Å²) in [6.07, 6.45) is 0. The summed E-state index contributed by atoms with van der Waals surface area (Å²) in [6.45, 7) is 7.67. The Hall–Kier alpha value is -2.99. The molecule has 0 atom stereocenters. The van der Waals surface area contributed by atoms with Crippen LogP contribution in [0.25, 0.3) is 11.5 Å². The molecule has 0 saturated carbocycles. The average molecular weight is 376 g/mol. The molecule has 6 heteroatoms. The zero-order valence-corrected chi connectivity index (χ0v) is 16.3. The van der Waals surface area contributed by atoms with Gasteiger partial charge >= 0.3 is 0 Å². The van der Waals surface area contributed by atoms with Gasteiger partial charge in [0.25, 0.3) is 11.8 Å². The maximum absolute atomic E-state index is 12.8. The SMILES string of the molecule is Cc1ccc(C(=O)N2CCN(Cc3noc(-c4ccccc4)n3)CC2)c(C)c1. The van der Waals surface area contributed by atoms with Crippen LogP contribution in [-0.2, 0) is 6.54 Å². The van der Waals surface area contributed by atoms with E-state index in [9.17, 15) is 4.79 Å². The second kappa shape index (κ2) is 7.94. The second-order valence-electron chi connectivity index (χ2n) is 7.27. The van der Waals surface area contributed by atoms with Crippen LogP contribution < -0.4 is 0 Å². The van der Waals surface area contributed by atoms with E-state index in [0.29, 0.717) is 31.3 Å². The number of carbonyl (C=O) groups excluding carboxylic acids is 1. The first kappa shape index (κ1) is 18.4. The molecular formula is C22H24N4O2. The Bertz CT molecular complexity index is 960. The van der Waals surface area contributed by atoms with Crippen molar-refractivity contribution in [2.24, 2.45) is 0 Å². The molecular weight excluding hydrogens is 352 g/mol. The lowest BCUT2D eigenvalue weighted by Gasteiger charge is -2.34. The number of aryl methyl sites for hydroxylation is 2. The molecule has 0 unspecified atom stereocenters. The van der Waals surface area contributed by atoms with Gasteiger partial charge in [-0.3, -0.25) is 9.69 Å². The van der Waals surface area contributed by atoms with E-state index in [4.69, 9.17) is 4.52 Å². The van der Waals surface area contributed by atoms with Crippen molar-refractivity contribution in [2.45, 2.75) is 20.4 Å². The molecule has 0 aliphatic carbocycles. The number of amides is 1. The first-order chi connectivity index (χ1) is 13.6. The zero-order chi connectivity index (χ0) is 19.5. The van der Waals surface area contributed by atoms with Crippen LogP contribution in [-0.4, -0.2) is 52.0 Å². The summed E-state index contributed by atoms with van der Waals surface area (Å²) in [5.41, 5.74) is 3.93. The minimum Gasteiger partial charge on any atom is -0.336 e. The molecule has 0 radical (unpaired) electrons. The molecule has 0 spiro atoms. The number of carbonyl (C=O) groups is 1. The highest BCUT2D eigenvalue weighted by Gasteiger charge is 2.24. The van der Waals surface area contributed by atoms with Gasteiger partial charge in [-0.15, -0.1) is 0 Å². The molecule has 0 bridgehead atoms. The quantitative estimate of drug-likeness (QED) is 0.699. The number of nitrogens with zero attached hydrogens (tertiary/aromatic N) is 4. The fourth-order valence-electron chi connectivity index (χ4n) is 3.55. The van der Waals surface area contributed by atoms with Gasteiger partial charge in [0.1, 0.15) is 0 Å². The number of benzene rings is 2. The van der Waals surface area contributed by atoms with Crippen molar-refractivity contribution < 1.29 is 9.32 Å². The minimum atomic E-state index is 0.114. The summed E-state index contributed by atoms with van der Waals surface area (Å²) < 4.78 is 5.38. The van der Waals surface area contributed by atoms with Crippen LogP contribution >= 0.6 is 0 Å². The lowest BCUT2D eigenvalue weighted by molar-refractivity contribution is 0.0623. The molecule has 1 saturated heterocycles. The number of hydrogen-bond acceptors (Lipinski definition) is 5. The highest BCUT2D eigenvalue weighted by Crippen LogP contribution is 2.18. The van der Waals surface area contributed by atoms with E-state index >= 15 is 0 Å². The smallest absolute Gasteiger partial charge is 0.257 e. The topological polar surface area (TPSA) is 62.5 Å². The number of rotatable bonds is 4. The fourth-order valence-corrected chi connectivity index (χ4v) is 3.55. The van der Waals surface area contributed by atoms with Crippen molar-refractivity contribution in [2.75, 3.05) is 26.2 Å². The summed E-state index contributed by atoms with van der Waals surface area (Å²) in [4.78, 5) is 21.5. The van der Waals surface area contributed by atoms with Gasteiger partial charge in [0, 0.05) is 37.3 Å². The number of hydrogen-bond donors (Lipinski definition) is 0. The molecule has 6 nitrogen and oxygen atoms in total. The molecule has 28 heavy (non-hydrogen) atoms. The van der Waals surface area contributed by atoms with Crippen LogP contribution in [0.5, 0.6) is 0 Å². The van der Waals surface area contributed by atoms with Gasteiger partial charge in [0.15, 0.2) is 5.82 Å². The summed E-state index contributed by atoms with van der Waals surface area (Å²) in [7, 11) is 0. The summed E-state index contributed by atoms with van der Waals surface area (Å²) >= 11 is 0. The normalized spacial score (nSPS) is 15.0. The minimum absolute atomic E-state index is 0.114. The summed E-state index contributed by atoms with van der Waals surface area (Å²) in [5.74, 6) is 1.33. The van der Waals surface area contributed by atoms with Gasteiger partial charge in [-0.25, -0.2) is 0 Å². The maximum atomic E-state index is 12.8. The molecule has 1 aromatic heterocycles. The van der Waals surface area contributed by atoms with Crippen molar-refractivity contribution in [3.05, 3.63) is 71.0 Å². The van der Waals surface area contributed by atoms with Crippen LogP contribution in [0.3, 0.4) is 0 Å². The van der Waals surface area contributed by atoms with Crippen LogP contribution in [0.1, 0.15) is 27.3 Å². The highest BCUT2D eigenvalue weighted by atomic mass is 16.5. The van der Waals surface area contributed by atoms with Crippen LogP contribution in [0.4, 0.5) is 0 Å². The van der Waals surface area contributed by atoms with Crippen LogP contribution in [0.2, 0.25) is 0 Å². The Morgan fingerprint density at radius 3 is 2.50 bits per heavy atom. The fraction of sp³-hybridized carbons (Fsp3) is 0.318. The highest BCUT2D eigenvalue weighted by molar-refractivity contribution is 5.95. The summed E-state index contributed by atoms with van der Waals surface area (Å²) in [5, 5.41) is 4.10. The van der Waals surface area contributed by atoms with E-state index < -0.39 is 0 Å². The third-order valence-corrected chi connectivity index (χ3v) is 5.13. The lowest BCUT2D eigenvalue weighted by Crippen LogP contribution is -2.48. The Kier molecular flexibility index (Phi) is 5.21. The second-order valence-corrected chi connectivity index (χ2v) is 7.27. The van der Waals surface area contributed by atoms with Gasteiger partial charge in [-0.2, -0.15) is 4.98 Å². The number of aromatic nitrogens is 2. The van der Waals surface area contributed by atoms with E-state index in [0.717, 1.165) is 29.8 Å². The molecule has 1 amide bonds. The van der Waals surface area contributed by atoms with E-state index in [1.807, 2.05) is 61.2 Å². The third kappa shape index (κ3) is 3.97. The van der Waals surface area contributed by atoms with Gasteiger partial charge in [0.2, 0.25) is 0 Å². The summed E-state index contributed by atoms with van der Waals surface area (Å²) in [6, 6.07) is 15.8. The molecule has 4 rings (SSSR count). The van der Waals surface area contributed by atoms with Crippen molar-refractivity contribution in [1.82, 2.24) is 19.9 Å². The monoisotopic (exact) mass is 376 g/mol. The molecule has 3 aromatic rings. The van der Waals surface area contributed by atoms with Crippen molar-refractivity contribution in [3.63, 3.8) is 0 Å². The molecule has 144 valence electrons.